The number of amides is 1. The standard InChI is InChI=1S/C11H16N2O2/c1-7-4-9(13-10(14)6-12)5-8(2)11(7)15-3/h4-5H,6,12H2,1-3H3,(H,13,14). The molecule has 0 heterocycles. The monoisotopic (exact) mass is 208 g/mol. The quantitative estimate of drug-likeness (QED) is 0.784. The molecule has 0 saturated heterocycles. The second-order valence-corrected chi connectivity index (χ2v) is 3.40. The highest BCUT2D eigenvalue weighted by molar-refractivity contribution is 5.92. The second kappa shape index (κ2) is 4.79. The molecule has 0 aliphatic carbocycles. The molecule has 0 atom stereocenters. The zero-order valence-corrected chi connectivity index (χ0v) is 9.26. The van der Waals surface area contributed by atoms with Crippen LogP contribution in [0.25, 0.3) is 0 Å². The zero-order chi connectivity index (χ0) is 11.4. The molecule has 0 unspecified atom stereocenters. The van der Waals surface area contributed by atoms with Gasteiger partial charge in [-0.25, -0.2) is 0 Å². The Hall–Kier alpha value is -1.55. The molecule has 82 valence electrons. The lowest BCUT2D eigenvalue weighted by molar-refractivity contribution is -0.114. The molecule has 0 aromatic heterocycles. The molecular formula is C11H16N2O2. The average Bonchev–Trinajstić information content (AvgIpc) is 2.17. The largest absolute Gasteiger partial charge is 0.496 e. The van der Waals surface area contributed by atoms with Gasteiger partial charge in [-0.2, -0.15) is 0 Å². The van der Waals surface area contributed by atoms with Gasteiger partial charge in [0.15, 0.2) is 0 Å². The van der Waals surface area contributed by atoms with Gasteiger partial charge in [0.2, 0.25) is 5.91 Å². The molecular weight excluding hydrogens is 192 g/mol. The maximum atomic E-state index is 11.1. The van der Waals surface area contributed by atoms with Crippen LogP contribution in [-0.2, 0) is 4.79 Å². The third-order valence-electron chi connectivity index (χ3n) is 2.13. The number of carbonyl (C=O) groups is 1. The Balaban J connectivity index is 2.98. The van der Waals surface area contributed by atoms with E-state index in [1.54, 1.807) is 7.11 Å². The van der Waals surface area contributed by atoms with Gasteiger partial charge in [-0.15, -0.1) is 0 Å². The van der Waals surface area contributed by atoms with Gasteiger partial charge in [0, 0.05) is 5.69 Å². The van der Waals surface area contributed by atoms with Crippen molar-refractivity contribution in [1.82, 2.24) is 0 Å². The van der Waals surface area contributed by atoms with Crippen molar-refractivity contribution in [3.8, 4) is 5.75 Å². The Morgan fingerprint density at radius 3 is 2.33 bits per heavy atom. The van der Waals surface area contributed by atoms with E-state index in [1.807, 2.05) is 26.0 Å². The van der Waals surface area contributed by atoms with Gasteiger partial charge in [0.25, 0.3) is 0 Å². The molecule has 15 heavy (non-hydrogen) atoms. The van der Waals surface area contributed by atoms with E-state index in [0.717, 1.165) is 22.6 Å². The van der Waals surface area contributed by atoms with Crippen molar-refractivity contribution in [2.75, 3.05) is 19.0 Å². The Kier molecular flexibility index (Phi) is 3.68. The number of rotatable bonds is 3. The smallest absolute Gasteiger partial charge is 0.238 e. The molecule has 0 aliphatic heterocycles. The van der Waals surface area contributed by atoms with Gasteiger partial charge in [0.05, 0.1) is 13.7 Å². The molecule has 1 amide bonds. The van der Waals surface area contributed by atoms with Crippen LogP contribution in [0, 0.1) is 13.8 Å². The molecule has 0 spiro atoms. The van der Waals surface area contributed by atoms with E-state index in [4.69, 9.17) is 10.5 Å². The third-order valence-corrected chi connectivity index (χ3v) is 2.13. The van der Waals surface area contributed by atoms with Crippen molar-refractivity contribution in [2.24, 2.45) is 5.73 Å². The minimum atomic E-state index is -0.195. The first-order valence-electron chi connectivity index (χ1n) is 4.73. The summed E-state index contributed by atoms with van der Waals surface area (Å²) in [7, 11) is 1.63. The minimum absolute atomic E-state index is 0.00980. The van der Waals surface area contributed by atoms with Crippen molar-refractivity contribution < 1.29 is 9.53 Å². The Morgan fingerprint density at radius 1 is 1.40 bits per heavy atom. The van der Waals surface area contributed by atoms with Crippen LogP contribution in [0.1, 0.15) is 11.1 Å². The summed E-state index contributed by atoms with van der Waals surface area (Å²) in [6, 6.07) is 3.72. The number of ether oxygens (including phenoxy) is 1. The van der Waals surface area contributed by atoms with Crippen molar-refractivity contribution >= 4 is 11.6 Å². The number of methoxy groups -OCH3 is 1. The predicted molar refractivity (Wildman–Crippen MR) is 60.2 cm³/mol. The van der Waals surface area contributed by atoms with Crippen molar-refractivity contribution in [3.05, 3.63) is 23.3 Å². The first-order chi connectivity index (χ1) is 7.08. The topological polar surface area (TPSA) is 64.3 Å². The van der Waals surface area contributed by atoms with E-state index >= 15 is 0 Å². The van der Waals surface area contributed by atoms with E-state index < -0.39 is 0 Å². The highest BCUT2D eigenvalue weighted by Gasteiger charge is 2.06. The first kappa shape index (κ1) is 11.5. The summed E-state index contributed by atoms with van der Waals surface area (Å²) in [6.45, 7) is 3.86. The second-order valence-electron chi connectivity index (χ2n) is 3.40. The van der Waals surface area contributed by atoms with Crippen LogP contribution in [0.4, 0.5) is 5.69 Å². The van der Waals surface area contributed by atoms with Gasteiger partial charge in [-0.05, 0) is 37.1 Å². The number of hydrogen-bond acceptors (Lipinski definition) is 3. The molecule has 0 fully saturated rings. The first-order valence-corrected chi connectivity index (χ1v) is 4.73. The van der Waals surface area contributed by atoms with E-state index in [9.17, 15) is 4.79 Å². The molecule has 0 saturated carbocycles. The van der Waals surface area contributed by atoms with Gasteiger partial charge >= 0.3 is 0 Å². The van der Waals surface area contributed by atoms with Crippen LogP contribution in [0.3, 0.4) is 0 Å². The van der Waals surface area contributed by atoms with Crippen molar-refractivity contribution in [2.45, 2.75) is 13.8 Å². The summed E-state index contributed by atoms with van der Waals surface area (Å²) >= 11 is 0. The Morgan fingerprint density at radius 2 is 1.93 bits per heavy atom. The molecule has 4 heteroatoms. The molecule has 1 rings (SSSR count). The Labute approximate surface area is 89.4 Å². The lowest BCUT2D eigenvalue weighted by Crippen LogP contribution is -2.21. The van der Waals surface area contributed by atoms with Crippen LogP contribution in [-0.4, -0.2) is 19.6 Å². The molecule has 4 nitrogen and oxygen atoms in total. The fraction of sp³-hybridized carbons (Fsp3) is 0.364. The number of nitrogens with one attached hydrogen (secondary N) is 1. The number of aryl methyl sites for hydroxylation is 2. The average molecular weight is 208 g/mol. The molecule has 3 N–H and O–H groups in total. The summed E-state index contributed by atoms with van der Waals surface area (Å²) in [5, 5.41) is 2.71. The van der Waals surface area contributed by atoms with E-state index in [1.165, 1.54) is 0 Å². The summed E-state index contributed by atoms with van der Waals surface area (Å²) in [5.74, 6) is 0.653. The zero-order valence-electron chi connectivity index (χ0n) is 9.26. The highest BCUT2D eigenvalue weighted by atomic mass is 16.5. The summed E-state index contributed by atoms with van der Waals surface area (Å²) in [5.41, 5.74) is 7.95. The van der Waals surface area contributed by atoms with Crippen LogP contribution in [0.2, 0.25) is 0 Å². The molecule has 1 aromatic rings. The highest BCUT2D eigenvalue weighted by Crippen LogP contribution is 2.26. The van der Waals surface area contributed by atoms with E-state index in [-0.39, 0.29) is 12.5 Å². The number of anilines is 1. The van der Waals surface area contributed by atoms with Gasteiger partial charge in [-0.1, -0.05) is 0 Å². The molecule has 0 bridgehead atoms. The van der Waals surface area contributed by atoms with Crippen LogP contribution < -0.4 is 15.8 Å². The molecule has 1 aromatic carbocycles. The summed E-state index contributed by atoms with van der Waals surface area (Å²) in [6.07, 6.45) is 0. The lowest BCUT2D eigenvalue weighted by atomic mass is 10.1. The normalized spacial score (nSPS) is 9.87. The van der Waals surface area contributed by atoms with E-state index in [2.05, 4.69) is 5.32 Å². The van der Waals surface area contributed by atoms with Crippen molar-refractivity contribution in [3.63, 3.8) is 0 Å². The van der Waals surface area contributed by atoms with Crippen LogP contribution >= 0.6 is 0 Å². The SMILES string of the molecule is COc1c(C)cc(NC(=O)CN)cc1C. The molecule has 0 radical (unpaired) electrons. The summed E-state index contributed by atoms with van der Waals surface area (Å²) in [4.78, 5) is 11.1. The Bertz CT molecular complexity index is 352. The summed E-state index contributed by atoms with van der Waals surface area (Å²) < 4.78 is 5.22. The van der Waals surface area contributed by atoms with Crippen LogP contribution in [0.15, 0.2) is 12.1 Å². The number of nitrogens with two attached hydrogens (primary N) is 1. The van der Waals surface area contributed by atoms with Crippen molar-refractivity contribution in [1.29, 1.82) is 0 Å². The van der Waals surface area contributed by atoms with Crippen LogP contribution in [0.5, 0.6) is 5.75 Å². The maximum Gasteiger partial charge on any atom is 0.238 e. The van der Waals surface area contributed by atoms with Gasteiger partial charge in [0.1, 0.15) is 5.75 Å². The lowest BCUT2D eigenvalue weighted by Gasteiger charge is -2.11. The predicted octanol–water partition coefficient (Wildman–Crippen LogP) is 1.21. The minimum Gasteiger partial charge on any atom is -0.496 e. The number of carbonyl (C=O) groups excluding carboxylic acids is 1. The van der Waals surface area contributed by atoms with Gasteiger partial charge < -0.3 is 15.8 Å². The van der Waals surface area contributed by atoms with E-state index in [0.29, 0.717) is 0 Å². The maximum absolute atomic E-state index is 11.1. The fourth-order valence-electron chi connectivity index (χ4n) is 1.56. The third kappa shape index (κ3) is 2.70. The fourth-order valence-corrected chi connectivity index (χ4v) is 1.56. The number of benzene rings is 1. The molecule has 0 aliphatic rings. The van der Waals surface area contributed by atoms with Gasteiger partial charge in [-0.3, -0.25) is 4.79 Å². The number of hydrogen-bond donors (Lipinski definition) is 2.